The summed E-state index contributed by atoms with van der Waals surface area (Å²) in [4.78, 5) is 22.5. The van der Waals surface area contributed by atoms with Gasteiger partial charge in [0.25, 0.3) is 0 Å². The molecule has 0 spiro atoms. The third kappa shape index (κ3) is 3.66. The standard InChI is InChI=1S/C24H26N8S2.ClH/c1-23-5-6-24(2,31-23)9-14(8-23)32(3)22-30-21-20(34-22)29-19(33-21)18-17-15(4-7-25-17)16(12-26-18)13-10-27-28-11-13;/h4,7,10-12,14,25,31H,5-6,8-9H2,1-3H3,(H,27,28);1H/t14?,23-,24+;. The van der Waals surface area contributed by atoms with Crippen LogP contribution < -0.4 is 10.2 Å². The van der Waals surface area contributed by atoms with Crippen molar-refractivity contribution in [2.24, 2.45) is 0 Å². The third-order valence-corrected chi connectivity index (χ3v) is 9.75. The van der Waals surface area contributed by atoms with Gasteiger partial charge in [-0.05, 0) is 45.6 Å². The Morgan fingerprint density at radius 2 is 1.83 bits per heavy atom. The molecule has 8 nitrogen and oxygen atoms in total. The van der Waals surface area contributed by atoms with Crippen LogP contribution in [0, 0.1) is 0 Å². The van der Waals surface area contributed by atoms with Gasteiger partial charge in [0.1, 0.15) is 10.7 Å². The zero-order chi connectivity index (χ0) is 23.1. The molecule has 3 N–H and O–H groups in total. The molecule has 5 aromatic rings. The van der Waals surface area contributed by atoms with E-state index in [2.05, 4.69) is 52.4 Å². The van der Waals surface area contributed by atoms with E-state index in [-0.39, 0.29) is 23.5 Å². The van der Waals surface area contributed by atoms with E-state index in [4.69, 9.17) is 15.0 Å². The van der Waals surface area contributed by atoms with Gasteiger partial charge >= 0.3 is 0 Å². The number of piperidine rings is 1. The summed E-state index contributed by atoms with van der Waals surface area (Å²) in [6, 6.07) is 2.58. The molecule has 2 aliphatic rings. The molecule has 0 aliphatic carbocycles. The molecule has 2 bridgehead atoms. The number of nitrogens with zero attached hydrogens (tertiary/aromatic N) is 5. The molecule has 11 heteroatoms. The number of H-pyrrole nitrogens is 2. The number of aromatic amines is 2. The topological polar surface area (TPSA) is 98.4 Å². The van der Waals surface area contributed by atoms with Gasteiger partial charge in [0.2, 0.25) is 0 Å². The van der Waals surface area contributed by atoms with Crippen LogP contribution in [0.5, 0.6) is 0 Å². The second-order valence-electron chi connectivity index (χ2n) is 10.3. The Balaban J connectivity index is 0.00000229. The second-order valence-corrected chi connectivity index (χ2v) is 12.3. The van der Waals surface area contributed by atoms with Gasteiger partial charge in [0, 0.05) is 59.3 Å². The predicted molar refractivity (Wildman–Crippen MR) is 146 cm³/mol. The zero-order valence-corrected chi connectivity index (χ0v) is 22.2. The van der Waals surface area contributed by atoms with Gasteiger partial charge in [-0.25, -0.2) is 9.97 Å². The number of halogens is 1. The number of pyridine rings is 1. The van der Waals surface area contributed by atoms with Gasteiger partial charge in [-0.2, -0.15) is 5.10 Å². The van der Waals surface area contributed by atoms with Crippen molar-refractivity contribution in [1.82, 2.24) is 35.5 Å². The van der Waals surface area contributed by atoms with Crippen molar-refractivity contribution in [1.29, 1.82) is 0 Å². The molecule has 2 fully saturated rings. The molecule has 7 rings (SSSR count). The Hall–Kier alpha value is -2.53. The van der Waals surface area contributed by atoms with E-state index in [1.165, 1.54) is 12.8 Å². The summed E-state index contributed by atoms with van der Waals surface area (Å²) in [5.74, 6) is 0. The average Bonchev–Trinajstić information content (AvgIpc) is 3.60. The quantitative estimate of drug-likeness (QED) is 0.281. The van der Waals surface area contributed by atoms with Crippen LogP contribution in [0.3, 0.4) is 0 Å². The summed E-state index contributed by atoms with van der Waals surface area (Å²) >= 11 is 3.30. The monoisotopic (exact) mass is 526 g/mol. The molecule has 0 aromatic carbocycles. The van der Waals surface area contributed by atoms with Gasteiger partial charge in [-0.1, -0.05) is 22.7 Å². The van der Waals surface area contributed by atoms with Gasteiger partial charge in [-0.15, -0.1) is 12.4 Å². The van der Waals surface area contributed by atoms with Crippen LogP contribution in [0.15, 0.2) is 30.9 Å². The van der Waals surface area contributed by atoms with E-state index in [9.17, 15) is 0 Å². The molecule has 5 aromatic heterocycles. The van der Waals surface area contributed by atoms with Gasteiger partial charge < -0.3 is 15.2 Å². The van der Waals surface area contributed by atoms with E-state index >= 15 is 0 Å². The molecule has 35 heavy (non-hydrogen) atoms. The van der Waals surface area contributed by atoms with Gasteiger partial charge in [-0.3, -0.25) is 10.1 Å². The minimum Gasteiger partial charge on any atom is -0.359 e. The summed E-state index contributed by atoms with van der Waals surface area (Å²) in [6.07, 6.45) is 12.4. The van der Waals surface area contributed by atoms with Crippen LogP contribution >= 0.6 is 35.1 Å². The summed E-state index contributed by atoms with van der Waals surface area (Å²) in [5, 5.41) is 13.9. The molecule has 2 aliphatic heterocycles. The maximum atomic E-state index is 5.01. The maximum absolute atomic E-state index is 5.01. The number of hydrogen-bond donors (Lipinski definition) is 3. The summed E-state index contributed by atoms with van der Waals surface area (Å²) < 4.78 is 0. The molecule has 7 heterocycles. The lowest BCUT2D eigenvalue weighted by atomic mass is 9.84. The fourth-order valence-corrected chi connectivity index (χ4v) is 8.06. The van der Waals surface area contributed by atoms with Crippen molar-refractivity contribution < 1.29 is 0 Å². The number of thiazole rings is 2. The van der Waals surface area contributed by atoms with Crippen LogP contribution in [0.2, 0.25) is 0 Å². The lowest BCUT2D eigenvalue weighted by Gasteiger charge is -2.45. The number of rotatable bonds is 4. The lowest BCUT2D eigenvalue weighted by Crippen LogP contribution is -2.58. The highest BCUT2D eigenvalue weighted by atomic mass is 35.5. The van der Waals surface area contributed by atoms with Crippen LogP contribution in [0.25, 0.3) is 42.4 Å². The predicted octanol–water partition coefficient (Wildman–Crippen LogP) is 5.61. The van der Waals surface area contributed by atoms with Gasteiger partial charge in [0.15, 0.2) is 14.8 Å². The van der Waals surface area contributed by atoms with E-state index in [1.807, 2.05) is 24.8 Å². The molecule has 2 saturated heterocycles. The Morgan fingerprint density at radius 3 is 2.54 bits per heavy atom. The zero-order valence-electron chi connectivity index (χ0n) is 19.8. The normalized spacial score (nSPS) is 25.9. The highest BCUT2D eigenvalue weighted by Gasteiger charge is 2.49. The molecule has 0 radical (unpaired) electrons. The fourth-order valence-electron chi connectivity index (χ4n) is 5.98. The first-order valence-electron chi connectivity index (χ1n) is 11.6. The Morgan fingerprint density at radius 1 is 1.06 bits per heavy atom. The van der Waals surface area contributed by atoms with Gasteiger partial charge in [0.05, 0.1) is 11.7 Å². The second kappa shape index (κ2) is 7.99. The first-order chi connectivity index (χ1) is 16.4. The Kier molecular flexibility index (Phi) is 5.23. The smallest absolute Gasteiger partial charge is 0.188 e. The van der Waals surface area contributed by atoms with Crippen LogP contribution in [-0.2, 0) is 0 Å². The van der Waals surface area contributed by atoms with E-state index < -0.39 is 0 Å². The molecular formula is C24H27ClN8S2. The lowest BCUT2D eigenvalue weighted by molar-refractivity contribution is 0.208. The van der Waals surface area contributed by atoms with E-state index in [0.717, 1.165) is 60.4 Å². The van der Waals surface area contributed by atoms with Crippen molar-refractivity contribution in [3.8, 4) is 21.8 Å². The fraction of sp³-hybridized carbons (Fsp3) is 0.417. The van der Waals surface area contributed by atoms with E-state index in [1.54, 1.807) is 22.7 Å². The summed E-state index contributed by atoms with van der Waals surface area (Å²) in [5.41, 5.74) is 4.40. The third-order valence-electron chi connectivity index (χ3n) is 7.63. The minimum atomic E-state index is 0. The van der Waals surface area contributed by atoms with E-state index in [0.29, 0.717) is 6.04 Å². The number of aromatic nitrogens is 6. The number of anilines is 1. The number of hydrogen-bond acceptors (Lipinski definition) is 8. The highest BCUT2D eigenvalue weighted by Crippen LogP contribution is 2.45. The molecule has 1 unspecified atom stereocenters. The van der Waals surface area contributed by atoms with Crippen molar-refractivity contribution in [3.63, 3.8) is 0 Å². The van der Waals surface area contributed by atoms with Crippen molar-refractivity contribution >= 4 is 60.8 Å². The molecule has 182 valence electrons. The largest absolute Gasteiger partial charge is 0.359 e. The molecule has 0 saturated carbocycles. The van der Waals surface area contributed by atoms with Crippen LogP contribution in [0.4, 0.5) is 5.13 Å². The minimum absolute atomic E-state index is 0. The van der Waals surface area contributed by atoms with Crippen LogP contribution in [0.1, 0.15) is 39.5 Å². The molecular weight excluding hydrogens is 500 g/mol. The highest BCUT2D eigenvalue weighted by molar-refractivity contribution is 7.29. The number of fused-ring (bicyclic) bond motifs is 4. The molecule has 0 amide bonds. The summed E-state index contributed by atoms with van der Waals surface area (Å²) in [7, 11) is 2.20. The Bertz CT molecular complexity index is 1470. The first-order valence-corrected chi connectivity index (χ1v) is 13.3. The first kappa shape index (κ1) is 22.9. The summed E-state index contributed by atoms with van der Waals surface area (Å²) in [6.45, 7) is 4.75. The number of nitrogens with one attached hydrogen (secondary N) is 3. The van der Waals surface area contributed by atoms with Crippen molar-refractivity contribution in [2.45, 2.75) is 56.7 Å². The maximum Gasteiger partial charge on any atom is 0.188 e. The SMILES string of the molecule is CN(c1nc2sc(-c3ncc(-c4cn[nH]c4)c4cc[nH]c34)nc2s1)C1C[C@]2(C)CC[C@](C)(C1)N2.Cl. The average molecular weight is 527 g/mol. The van der Waals surface area contributed by atoms with Crippen LogP contribution in [-0.4, -0.2) is 54.3 Å². The van der Waals surface area contributed by atoms with Crippen molar-refractivity contribution in [2.75, 3.05) is 11.9 Å². The molecule has 3 atom stereocenters. The van der Waals surface area contributed by atoms with Crippen molar-refractivity contribution in [3.05, 3.63) is 30.9 Å². The Labute approximate surface area is 217 Å².